The number of rotatable bonds is 0. The average Bonchev–Trinajstić information content (AvgIpc) is 1.69. The fourth-order valence-electron chi connectivity index (χ4n) is 0.478. The van der Waals surface area contributed by atoms with Gasteiger partial charge in [0.15, 0.2) is 0 Å². The van der Waals surface area contributed by atoms with Crippen LogP contribution in [0.15, 0.2) is 30.3 Å². The minimum atomic E-state index is 0. The van der Waals surface area contributed by atoms with Gasteiger partial charge in [-0.15, -0.1) is 0 Å². The van der Waals surface area contributed by atoms with Crippen LogP contribution in [-0.2, 0) is 0 Å². The minimum Gasteiger partial charge on any atom is -0.870 e. The molecule has 0 aliphatic rings. The summed E-state index contributed by atoms with van der Waals surface area (Å²) in [6.07, 6.45) is 0. The van der Waals surface area contributed by atoms with Gasteiger partial charge in [0.05, 0.1) is 0 Å². The molecule has 0 atom stereocenters. The van der Waals surface area contributed by atoms with E-state index in [0.29, 0.717) is 0 Å². The first kappa shape index (κ1) is 11.9. The van der Waals surface area contributed by atoms with Gasteiger partial charge in [-0.2, -0.15) is 0 Å². The molecule has 43 valence electrons. The van der Waals surface area contributed by atoms with Gasteiger partial charge >= 0.3 is 29.6 Å². The fourth-order valence-corrected chi connectivity index (χ4v) is 0.478. The molecule has 2 heteroatoms. The Morgan fingerprint density at radius 3 is 1.67 bits per heavy atom. The predicted molar refractivity (Wildman–Crippen MR) is 32.8 cm³/mol. The van der Waals surface area contributed by atoms with E-state index >= 15 is 0 Å². The monoisotopic (exact) mass is 131 g/mol. The van der Waals surface area contributed by atoms with Crippen LogP contribution in [0.2, 0.25) is 0 Å². The molecule has 0 aliphatic carbocycles. The Bertz CT molecular complexity index is 139. The normalized spacial score (nSPS) is 6.78. The Kier molecular flexibility index (Phi) is 8.34. The van der Waals surface area contributed by atoms with Crippen LogP contribution < -0.4 is 29.6 Å². The van der Waals surface area contributed by atoms with Gasteiger partial charge in [-0.25, -0.2) is 0 Å². The summed E-state index contributed by atoms with van der Waals surface area (Å²) in [7, 11) is 0. The Labute approximate surface area is 77.7 Å². The van der Waals surface area contributed by atoms with E-state index in [2.05, 4.69) is 6.92 Å². The molecule has 1 aromatic rings. The number of hydrogen-bond acceptors (Lipinski definition) is 1. The summed E-state index contributed by atoms with van der Waals surface area (Å²) >= 11 is 0. The van der Waals surface area contributed by atoms with Gasteiger partial charge in [0.2, 0.25) is 0 Å². The molecule has 1 rings (SSSR count). The first-order valence-corrected chi connectivity index (χ1v) is 2.26. The molecule has 1 radical (unpaired) electrons. The van der Waals surface area contributed by atoms with Gasteiger partial charge in [0.25, 0.3) is 0 Å². The maximum absolute atomic E-state index is 3.72. The van der Waals surface area contributed by atoms with Gasteiger partial charge in [-0.05, 0) is 12.5 Å². The quantitative estimate of drug-likeness (QED) is 0.402. The molecule has 0 amide bonds. The summed E-state index contributed by atoms with van der Waals surface area (Å²) in [4.78, 5) is 0. The summed E-state index contributed by atoms with van der Waals surface area (Å²) < 4.78 is 0. The van der Waals surface area contributed by atoms with Crippen molar-refractivity contribution in [2.24, 2.45) is 0 Å². The van der Waals surface area contributed by atoms with Gasteiger partial charge in [-0.1, -0.05) is 30.3 Å². The van der Waals surface area contributed by atoms with Crippen LogP contribution in [0.1, 0.15) is 5.56 Å². The second-order valence-electron chi connectivity index (χ2n) is 1.49. The number of hydrogen-bond donors (Lipinski definition) is 0. The second-order valence-corrected chi connectivity index (χ2v) is 1.49. The summed E-state index contributed by atoms with van der Waals surface area (Å²) in [6, 6.07) is 9.87. The summed E-state index contributed by atoms with van der Waals surface area (Å²) in [5.74, 6) is 0. The third kappa shape index (κ3) is 4.67. The van der Waals surface area contributed by atoms with Crippen molar-refractivity contribution < 1.29 is 35.0 Å². The molecular formula is C7H8NaO. The van der Waals surface area contributed by atoms with E-state index in [0.717, 1.165) is 5.56 Å². The standard InChI is InChI=1S/C7H7.Na.H2O/c1-7-5-3-2-4-6-7;;/h2-6H,1H2;;1H2/q;+1;/p-1. The zero-order chi connectivity index (χ0) is 5.11. The Hall–Kier alpha value is 0.180. The van der Waals surface area contributed by atoms with Crippen molar-refractivity contribution >= 4 is 0 Å². The fraction of sp³-hybridized carbons (Fsp3) is 0. The zero-order valence-electron chi connectivity index (χ0n) is 5.54. The smallest absolute Gasteiger partial charge is 0.870 e. The third-order valence-electron chi connectivity index (χ3n) is 0.843. The van der Waals surface area contributed by atoms with Gasteiger partial charge in [0.1, 0.15) is 0 Å². The van der Waals surface area contributed by atoms with Gasteiger partial charge in [0, 0.05) is 0 Å². The van der Waals surface area contributed by atoms with E-state index in [1.807, 2.05) is 30.3 Å². The van der Waals surface area contributed by atoms with Crippen molar-refractivity contribution in [3.8, 4) is 0 Å². The van der Waals surface area contributed by atoms with Crippen molar-refractivity contribution in [2.45, 2.75) is 0 Å². The molecule has 1 aromatic carbocycles. The molecule has 0 fully saturated rings. The van der Waals surface area contributed by atoms with Crippen LogP contribution in [-0.4, -0.2) is 5.48 Å². The van der Waals surface area contributed by atoms with Crippen molar-refractivity contribution in [3.63, 3.8) is 0 Å². The van der Waals surface area contributed by atoms with Crippen molar-refractivity contribution in [3.05, 3.63) is 42.8 Å². The molecule has 0 spiro atoms. The molecule has 0 heterocycles. The molecule has 0 unspecified atom stereocenters. The van der Waals surface area contributed by atoms with Crippen molar-refractivity contribution in [1.82, 2.24) is 0 Å². The van der Waals surface area contributed by atoms with E-state index in [9.17, 15) is 0 Å². The maximum atomic E-state index is 3.72. The maximum Gasteiger partial charge on any atom is 1.00 e. The van der Waals surface area contributed by atoms with Crippen LogP contribution in [0.5, 0.6) is 0 Å². The van der Waals surface area contributed by atoms with Crippen LogP contribution in [0.3, 0.4) is 0 Å². The molecule has 9 heavy (non-hydrogen) atoms. The third-order valence-corrected chi connectivity index (χ3v) is 0.843. The predicted octanol–water partition coefficient (Wildman–Crippen LogP) is -1.30. The van der Waals surface area contributed by atoms with Gasteiger partial charge < -0.3 is 5.48 Å². The summed E-state index contributed by atoms with van der Waals surface area (Å²) in [6.45, 7) is 3.72. The van der Waals surface area contributed by atoms with E-state index < -0.39 is 0 Å². The Morgan fingerprint density at radius 2 is 1.44 bits per heavy atom. The van der Waals surface area contributed by atoms with E-state index in [1.54, 1.807) is 0 Å². The topological polar surface area (TPSA) is 30.0 Å². The molecular weight excluding hydrogens is 123 g/mol. The first-order chi connectivity index (χ1) is 3.39. The molecule has 0 bridgehead atoms. The van der Waals surface area contributed by atoms with Gasteiger partial charge in [-0.3, -0.25) is 0 Å². The Balaban J connectivity index is 0. The minimum absolute atomic E-state index is 0. The van der Waals surface area contributed by atoms with Crippen LogP contribution >= 0.6 is 0 Å². The van der Waals surface area contributed by atoms with E-state index in [-0.39, 0.29) is 35.0 Å². The first-order valence-electron chi connectivity index (χ1n) is 2.26. The van der Waals surface area contributed by atoms with Crippen LogP contribution in [0.4, 0.5) is 0 Å². The molecule has 0 saturated heterocycles. The molecule has 0 aromatic heterocycles. The van der Waals surface area contributed by atoms with E-state index in [1.165, 1.54) is 0 Å². The van der Waals surface area contributed by atoms with Crippen molar-refractivity contribution in [2.75, 3.05) is 0 Å². The molecule has 1 N–H and O–H groups in total. The summed E-state index contributed by atoms with van der Waals surface area (Å²) in [5, 5.41) is 0. The molecule has 0 saturated carbocycles. The van der Waals surface area contributed by atoms with Crippen LogP contribution in [0.25, 0.3) is 0 Å². The van der Waals surface area contributed by atoms with Crippen molar-refractivity contribution in [1.29, 1.82) is 0 Å². The average molecular weight is 131 g/mol. The largest absolute Gasteiger partial charge is 1.00 e. The molecule has 1 nitrogen and oxygen atoms in total. The van der Waals surface area contributed by atoms with Crippen LogP contribution in [0, 0.1) is 6.92 Å². The molecule has 0 aliphatic heterocycles. The SMILES string of the molecule is [CH2]c1ccccc1.[Na+].[OH-]. The number of benzene rings is 1. The van der Waals surface area contributed by atoms with E-state index in [4.69, 9.17) is 0 Å². The zero-order valence-corrected chi connectivity index (χ0v) is 7.54. The Morgan fingerprint density at radius 1 is 1.00 bits per heavy atom. The second kappa shape index (κ2) is 6.30. The summed E-state index contributed by atoms with van der Waals surface area (Å²) in [5.41, 5.74) is 1.07.